The Balaban J connectivity index is 2.82. The molecule has 0 N–H and O–H groups in total. The smallest absolute Gasteiger partial charge is 0.315 e. The molecule has 0 bridgehead atoms. The number of hydrogen-bond acceptors (Lipinski definition) is 1. The van der Waals surface area contributed by atoms with Crippen molar-refractivity contribution in [3.05, 3.63) is 29.8 Å². The minimum atomic E-state index is 0.859. The van der Waals surface area contributed by atoms with Gasteiger partial charge in [0.2, 0.25) is 0 Å². The Hall–Kier alpha value is -1.31. The first-order chi connectivity index (χ1) is 5.36. The molecule has 0 unspecified atom stereocenters. The van der Waals surface area contributed by atoms with Crippen molar-refractivity contribution >= 4 is 6.29 Å². The highest BCUT2D eigenvalue weighted by atomic mass is 16.5. The molecule has 0 atom stereocenters. The predicted molar refractivity (Wildman–Crippen MR) is 44.3 cm³/mol. The molecule has 0 aliphatic heterocycles. The van der Waals surface area contributed by atoms with Crippen molar-refractivity contribution in [1.29, 1.82) is 0 Å². The van der Waals surface area contributed by atoms with Crippen molar-refractivity contribution < 1.29 is 9.16 Å². The average Bonchev–Trinajstić information content (AvgIpc) is 2.07. The largest absolute Gasteiger partial charge is 0.497 e. The monoisotopic (exact) mass is 151 g/mol. The topological polar surface area (TPSA) is 20.5 Å². The van der Waals surface area contributed by atoms with Gasteiger partial charge in [-0.15, -0.1) is 0 Å². The summed E-state index contributed by atoms with van der Waals surface area (Å²) in [4.78, 5) is 0. The minimum absolute atomic E-state index is 0.859. The van der Waals surface area contributed by atoms with E-state index in [1.54, 1.807) is 20.5 Å². The second kappa shape index (κ2) is 3.76. The second-order valence-electron chi connectivity index (χ2n) is 2.13. The van der Waals surface area contributed by atoms with Crippen molar-refractivity contribution in [2.24, 2.45) is 0 Å². The normalized spacial score (nSPS) is 10.4. The van der Waals surface area contributed by atoms with Gasteiger partial charge in [0.25, 0.3) is 7.11 Å². The van der Waals surface area contributed by atoms with E-state index in [9.17, 15) is 0 Å². The number of hydrogen-bond donors (Lipinski definition) is 0. The van der Waals surface area contributed by atoms with Crippen molar-refractivity contribution in [2.75, 3.05) is 14.2 Å². The number of benzene rings is 1. The molecule has 0 fully saturated rings. The van der Waals surface area contributed by atoms with E-state index < -0.39 is 0 Å². The molecule has 0 aliphatic rings. The summed E-state index contributed by atoms with van der Waals surface area (Å²) in [5.74, 6) is 0.859. The third kappa shape index (κ3) is 2.08. The molecule has 0 aromatic heterocycles. The van der Waals surface area contributed by atoms with Gasteiger partial charge >= 0.3 is 6.29 Å². The average molecular weight is 151 g/mol. The van der Waals surface area contributed by atoms with Crippen LogP contribution in [-0.2, 0) is 0 Å². The van der Waals surface area contributed by atoms with Crippen molar-refractivity contribution in [2.45, 2.75) is 0 Å². The van der Waals surface area contributed by atoms with Crippen LogP contribution in [0.5, 0.6) is 5.75 Å². The number of rotatable bonds is 2. The van der Waals surface area contributed by atoms with Gasteiger partial charge in [-0.3, -0.25) is 4.42 Å². The van der Waals surface area contributed by atoms with E-state index in [1.165, 1.54) is 0 Å². The highest BCUT2D eigenvalue weighted by Gasteiger charge is 1.93. The summed E-state index contributed by atoms with van der Waals surface area (Å²) < 4.78 is 9.83. The fourth-order valence-corrected chi connectivity index (χ4v) is 0.819. The summed E-state index contributed by atoms with van der Waals surface area (Å²) >= 11 is 0. The SMILES string of the molecule is COc1ccc(C=[O+]C)cc1. The fourth-order valence-electron chi connectivity index (χ4n) is 0.819. The zero-order chi connectivity index (χ0) is 8.10. The number of ether oxygens (including phenoxy) is 1. The quantitative estimate of drug-likeness (QED) is 0.465. The summed E-state index contributed by atoms with van der Waals surface area (Å²) in [5, 5.41) is 0. The number of carbonyl (C=O) groups excluding carboxylic acids is 1. The van der Waals surface area contributed by atoms with Crippen molar-refractivity contribution in [1.82, 2.24) is 0 Å². The number of aldehydes is 1. The van der Waals surface area contributed by atoms with Crippen molar-refractivity contribution in [3.8, 4) is 5.75 Å². The molecule has 0 spiro atoms. The Morgan fingerprint density at radius 3 is 2.36 bits per heavy atom. The maximum Gasteiger partial charge on any atom is 0.315 e. The summed E-state index contributed by atoms with van der Waals surface area (Å²) in [6, 6.07) is 7.65. The maximum atomic E-state index is 4.99. The molecule has 2 heteroatoms. The van der Waals surface area contributed by atoms with E-state index in [0.29, 0.717) is 0 Å². The molecule has 0 radical (unpaired) electrons. The van der Waals surface area contributed by atoms with Crippen LogP contribution in [0.2, 0.25) is 0 Å². The van der Waals surface area contributed by atoms with Gasteiger partial charge in [0.05, 0.1) is 12.7 Å². The van der Waals surface area contributed by atoms with Gasteiger partial charge in [-0.25, -0.2) is 0 Å². The van der Waals surface area contributed by atoms with E-state index in [4.69, 9.17) is 9.16 Å². The van der Waals surface area contributed by atoms with E-state index in [-0.39, 0.29) is 0 Å². The molecular formula is C9H11O2+. The van der Waals surface area contributed by atoms with Gasteiger partial charge in [0, 0.05) is 0 Å². The molecule has 0 aliphatic carbocycles. The minimum Gasteiger partial charge on any atom is -0.497 e. The highest BCUT2D eigenvalue weighted by molar-refractivity contribution is 5.75. The molecule has 1 aromatic rings. The van der Waals surface area contributed by atoms with Crippen LogP contribution < -0.4 is 4.74 Å². The van der Waals surface area contributed by atoms with Crippen LogP contribution in [0.1, 0.15) is 9.99 Å². The molecular weight excluding hydrogens is 140 g/mol. The Morgan fingerprint density at radius 1 is 1.27 bits per heavy atom. The summed E-state index contributed by atoms with van der Waals surface area (Å²) in [6.45, 7) is 0. The van der Waals surface area contributed by atoms with E-state index in [2.05, 4.69) is 0 Å². The molecule has 0 amide bonds. The lowest BCUT2D eigenvalue weighted by molar-refractivity contribution is -0.217. The third-order valence-corrected chi connectivity index (χ3v) is 1.37. The standard InChI is InChI=1S/C9H11O2/c1-10-7-8-3-5-9(11-2)6-4-8/h3-7H,1-2H3/q+1. The summed E-state index contributed by atoms with van der Waals surface area (Å²) in [5.41, 5.74) is 1.04. The molecule has 2 nitrogen and oxygen atoms in total. The van der Waals surface area contributed by atoms with Crippen LogP contribution in [0.4, 0.5) is 0 Å². The van der Waals surface area contributed by atoms with Crippen LogP contribution in [0.25, 0.3) is 0 Å². The molecule has 0 saturated heterocycles. The van der Waals surface area contributed by atoms with Crippen LogP contribution >= 0.6 is 0 Å². The van der Waals surface area contributed by atoms with Crippen molar-refractivity contribution in [3.63, 3.8) is 0 Å². The maximum absolute atomic E-state index is 4.99. The summed E-state index contributed by atoms with van der Waals surface area (Å²) in [6.07, 6.45) is 1.68. The first-order valence-corrected chi connectivity index (χ1v) is 3.37. The molecule has 1 aromatic carbocycles. The van der Waals surface area contributed by atoms with Crippen LogP contribution in [0, 0.1) is 0 Å². The van der Waals surface area contributed by atoms with E-state index in [1.807, 2.05) is 24.3 Å². The Morgan fingerprint density at radius 2 is 1.91 bits per heavy atom. The molecule has 58 valence electrons. The Labute approximate surface area is 66.1 Å². The molecule has 1 rings (SSSR count). The van der Waals surface area contributed by atoms with Crippen LogP contribution in [0.3, 0.4) is 0 Å². The van der Waals surface area contributed by atoms with Gasteiger partial charge < -0.3 is 4.74 Å². The van der Waals surface area contributed by atoms with Gasteiger partial charge in [-0.2, -0.15) is 0 Å². The lowest BCUT2D eigenvalue weighted by Crippen LogP contribution is -1.84. The fraction of sp³-hybridized carbons (Fsp3) is 0.222. The summed E-state index contributed by atoms with van der Waals surface area (Å²) in [7, 11) is 3.28. The lowest BCUT2D eigenvalue weighted by atomic mass is 10.2. The molecule has 0 heterocycles. The van der Waals surface area contributed by atoms with E-state index in [0.717, 1.165) is 11.3 Å². The van der Waals surface area contributed by atoms with Crippen LogP contribution in [0.15, 0.2) is 24.3 Å². The Kier molecular flexibility index (Phi) is 2.66. The molecule has 11 heavy (non-hydrogen) atoms. The van der Waals surface area contributed by atoms with Gasteiger partial charge in [0.15, 0.2) is 0 Å². The first-order valence-electron chi connectivity index (χ1n) is 3.37. The van der Waals surface area contributed by atoms with Gasteiger partial charge in [-0.1, -0.05) is 0 Å². The third-order valence-electron chi connectivity index (χ3n) is 1.37. The second-order valence-corrected chi connectivity index (χ2v) is 2.13. The van der Waals surface area contributed by atoms with Crippen LogP contribution in [-0.4, -0.2) is 20.5 Å². The highest BCUT2D eigenvalue weighted by Crippen LogP contribution is 2.09. The predicted octanol–water partition coefficient (Wildman–Crippen LogP) is 1.67. The lowest BCUT2D eigenvalue weighted by Gasteiger charge is -1.95. The molecule has 0 saturated carbocycles. The first kappa shape index (κ1) is 7.79. The van der Waals surface area contributed by atoms with Gasteiger partial charge in [-0.05, 0) is 24.3 Å². The zero-order valence-electron chi connectivity index (χ0n) is 6.70. The number of methoxy groups -OCH3 is 1. The van der Waals surface area contributed by atoms with Gasteiger partial charge in [0.1, 0.15) is 5.75 Å². The van der Waals surface area contributed by atoms with E-state index >= 15 is 0 Å². The zero-order valence-corrected chi connectivity index (χ0v) is 6.70. The Bertz CT molecular complexity index is 236.